The topological polar surface area (TPSA) is 87.4 Å². The van der Waals surface area contributed by atoms with E-state index in [2.05, 4.69) is 139 Å². The van der Waals surface area contributed by atoms with Crippen molar-refractivity contribution in [2.24, 2.45) is 5.73 Å². The van der Waals surface area contributed by atoms with Gasteiger partial charge >= 0.3 is 0 Å². The summed E-state index contributed by atoms with van der Waals surface area (Å²) in [7, 11) is 0. The van der Waals surface area contributed by atoms with Crippen molar-refractivity contribution < 1.29 is 0 Å². The van der Waals surface area contributed by atoms with Gasteiger partial charge in [0.25, 0.3) is 0 Å². The molecule has 238 valence electrons. The van der Waals surface area contributed by atoms with Gasteiger partial charge < -0.3 is 10.3 Å². The minimum absolute atomic E-state index is 0.553. The van der Waals surface area contributed by atoms with Gasteiger partial charge in [0, 0.05) is 29.8 Å². The Morgan fingerprint density at radius 3 is 1.77 bits per heavy atom. The molecule has 0 atom stereocenters. The Bertz CT molecular complexity index is 2000. The summed E-state index contributed by atoms with van der Waals surface area (Å²) in [5.74, 6) is 1.69. The predicted octanol–water partition coefficient (Wildman–Crippen LogP) is 7.80. The molecule has 0 saturated heterocycles. The summed E-state index contributed by atoms with van der Waals surface area (Å²) in [6.45, 7) is 4.87. The van der Waals surface area contributed by atoms with Crippen molar-refractivity contribution >= 4 is 0 Å². The first-order chi connectivity index (χ1) is 23.7. The van der Waals surface area contributed by atoms with Crippen molar-refractivity contribution in [3.63, 3.8) is 0 Å². The lowest BCUT2D eigenvalue weighted by atomic mass is 9.77. The average molecular weight is 630 g/mol. The summed E-state index contributed by atoms with van der Waals surface area (Å²) in [5.41, 5.74) is 14.5. The molecule has 0 fully saturated rings. The van der Waals surface area contributed by atoms with Crippen LogP contribution in [0.15, 0.2) is 140 Å². The molecule has 0 bridgehead atoms. The Hall–Kier alpha value is -5.66. The molecular weight excluding hydrogens is 591 g/mol. The molecule has 2 aromatic heterocycles. The van der Waals surface area contributed by atoms with Gasteiger partial charge in [-0.25, -0.2) is 9.67 Å². The largest absolute Gasteiger partial charge is 0.330 e. The van der Waals surface area contributed by atoms with Gasteiger partial charge in [-0.3, -0.25) is 0 Å². The van der Waals surface area contributed by atoms with Gasteiger partial charge in [0.15, 0.2) is 5.82 Å². The first-order valence-corrected chi connectivity index (χ1v) is 16.6. The van der Waals surface area contributed by atoms with E-state index < -0.39 is 5.54 Å². The smallest absolute Gasteiger partial charge is 0.184 e. The van der Waals surface area contributed by atoms with Crippen molar-refractivity contribution in [3.8, 4) is 28.2 Å². The number of tetrazole rings is 1. The Kier molecular flexibility index (Phi) is 8.77. The Balaban J connectivity index is 1.55. The van der Waals surface area contributed by atoms with Crippen LogP contribution in [0.4, 0.5) is 0 Å². The van der Waals surface area contributed by atoms with E-state index in [0.29, 0.717) is 12.4 Å². The van der Waals surface area contributed by atoms with E-state index in [1.165, 1.54) is 0 Å². The van der Waals surface area contributed by atoms with Crippen molar-refractivity contribution in [1.29, 1.82) is 0 Å². The maximum absolute atomic E-state index is 6.00. The average Bonchev–Trinajstić information content (AvgIpc) is 3.75. The molecule has 0 saturated carbocycles. The second kappa shape index (κ2) is 13.6. The van der Waals surface area contributed by atoms with E-state index >= 15 is 0 Å². The lowest BCUT2D eigenvalue weighted by Gasteiger charge is -2.36. The van der Waals surface area contributed by atoms with Crippen LogP contribution in [0.25, 0.3) is 28.2 Å². The second-order valence-electron chi connectivity index (χ2n) is 12.0. The van der Waals surface area contributed by atoms with Crippen LogP contribution in [0, 0.1) is 6.92 Å². The van der Waals surface area contributed by atoms with E-state index in [1.807, 2.05) is 28.9 Å². The van der Waals surface area contributed by atoms with Crippen molar-refractivity contribution in [2.45, 2.75) is 38.6 Å². The minimum atomic E-state index is -0.876. The summed E-state index contributed by atoms with van der Waals surface area (Å²) in [4.78, 5) is 5.05. The molecule has 0 aliphatic heterocycles. The SMILES string of the molecule is CCCc1nc(CCN)c(C)n1-c1ccc(-c2ccccc2)c(-c2nnnn2C(c2ccccc2)(c2ccccc2)c2ccccc2)c1. The number of hydrogen-bond acceptors (Lipinski definition) is 5. The van der Waals surface area contributed by atoms with Gasteiger partial charge in [-0.1, -0.05) is 134 Å². The number of aryl methyl sites for hydroxylation is 1. The second-order valence-corrected chi connectivity index (χ2v) is 12.0. The van der Waals surface area contributed by atoms with E-state index in [1.54, 1.807) is 0 Å². The van der Waals surface area contributed by atoms with E-state index in [4.69, 9.17) is 21.0 Å². The zero-order valence-corrected chi connectivity index (χ0v) is 27.4. The van der Waals surface area contributed by atoms with E-state index in [9.17, 15) is 0 Å². The Morgan fingerprint density at radius 1 is 0.667 bits per heavy atom. The summed E-state index contributed by atoms with van der Waals surface area (Å²) in [6.07, 6.45) is 2.58. The zero-order valence-electron chi connectivity index (χ0n) is 27.4. The summed E-state index contributed by atoms with van der Waals surface area (Å²) < 4.78 is 4.28. The molecule has 0 amide bonds. The number of benzene rings is 5. The lowest BCUT2D eigenvalue weighted by molar-refractivity contribution is 0.451. The highest BCUT2D eigenvalue weighted by molar-refractivity contribution is 5.82. The van der Waals surface area contributed by atoms with Crippen LogP contribution in [0.3, 0.4) is 0 Å². The van der Waals surface area contributed by atoms with Gasteiger partial charge in [0.1, 0.15) is 11.4 Å². The fraction of sp³-hybridized carbons (Fsp3) is 0.171. The minimum Gasteiger partial charge on any atom is -0.330 e. The predicted molar refractivity (Wildman–Crippen MR) is 192 cm³/mol. The van der Waals surface area contributed by atoms with Gasteiger partial charge in [-0.05, 0) is 70.3 Å². The molecule has 0 aliphatic rings. The first-order valence-electron chi connectivity index (χ1n) is 16.6. The zero-order chi connectivity index (χ0) is 32.9. The molecule has 48 heavy (non-hydrogen) atoms. The van der Waals surface area contributed by atoms with Crippen LogP contribution in [0.5, 0.6) is 0 Å². The molecule has 7 rings (SSSR count). The standard InChI is InChI=1S/C41H39N7/c1-3-16-39-43-38(27-28-42)30(2)47(39)35-25-26-36(31-17-8-4-9-18-31)37(29-35)40-44-45-46-48(40)41(32-19-10-5-11-20-32,33-21-12-6-13-22-33)34-23-14-7-15-24-34/h4-15,17-26,29H,3,16,27-28,42H2,1-2H3. The number of imidazole rings is 1. The van der Waals surface area contributed by atoms with Crippen molar-refractivity contribution in [1.82, 2.24) is 29.8 Å². The van der Waals surface area contributed by atoms with Gasteiger partial charge in [-0.2, -0.15) is 0 Å². The maximum atomic E-state index is 6.00. The van der Waals surface area contributed by atoms with Crippen LogP contribution in [-0.4, -0.2) is 36.3 Å². The molecule has 5 aromatic carbocycles. The molecule has 2 heterocycles. The molecule has 7 nitrogen and oxygen atoms in total. The third-order valence-corrected chi connectivity index (χ3v) is 9.08. The molecule has 2 N–H and O–H groups in total. The normalized spacial score (nSPS) is 11.6. The Labute approximate surface area is 281 Å². The fourth-order valence-electron chi connectivity index (χ4n) is 6.93. The Morgan fingerprint density at radius 2 is 1.23 bits per heavy atom. The molecule has 0 spiro atoms. The molecule has 0 aliphatic carbocycles. The number of aromatic nitrogens is 6. The van der Waals surface area contributed by atoms with Crippen LogP contribution in [0.2, 0.25) is 0 Å². The fourth-order valence-corrected chi connectivity index (χ4v) is 6.93. The highest BCUT2D eigenvalue weighted by Crippen LogP contribution is 2.44. The summed E-state index contributed by atoms with van der Waals surface area (Å²) in [6, 6.07) is 48.6. The number of nitrogens with zero attached hydrogens (tertiary/aromatic N) is 6. The van der Waals surface area contributed by atoms with Crippen LogP contribution in [-0.2, 0) is 18.4 Å². The highest BCUT2D eigenvalue weighted by atomic mass is 15.6. The molecule has 7 aromatic rings. The molecular formula is C41H39N7. The molecule has 0 radical (unpaired) electrons. The maximum Gasteiger partial charge on any atom is 0.184 e. The van der Waals surface area contributed by atoms with Crippen molar-refractivity contribution in [3.05, 3.63) is 173 Å². The highest BCUT2D eigenvalue weighted by Gasteiger charge is 2.42. The number of hydrogen-bond donors (Lipinski definition) is 1. The van der Waals surface area contributed by atoms with Gasteiger partial charge in [0.2, 0.25) is 0 Å². The molecule has 0 unspecified atom stereocenters. The van der Waals surface area contributed by atoms with Crippen LogP contribution >= 0.6 is 0 Å². The number of nitrogens with two attached hydrogens (primary N) is 1. The monoisotopic (exact) mass is 629 g/mol. The third-order valence-electron chi connectivity index (χ3n) is 9.08. The van der Waals surface area contributed by atoms with Crippen LogP contribution in [0.1, 0.15) is 47.2 Å². The van der Waals surface area contributed by atoms with Crippen molar-refractivity contribution in [2.75, 3.05) is 6.54 Å². The van der Waals surface area contributed by atoms with E-state index in [-0.39, 0.29) is 0 Å². The van der Waals surface area contributed by atoms with Gasteiger partial charge in [0.05, 0.1) is 5.69 Å². The lowest BCUT2D eigenvalue weighted by Crippen LogP contribution is -2.39. The van der Waals surface area contributed by atoms with Crippen LogP contribution < -0.4 is 5.73 Å². The number of rotatable bonds is 11. The third kappa shape index (κ3) is 5.42. The summed E-state index contributed by atoms with van der Waals surface area (Å²) >= 11 is 0. The first kappa shape index (κ1) is 31.0. The van der Waals surface area contributed by atoms with Gasteiger partial charge in [-0.15, -0.1) is 5.10 Å². The van der Waals surface area contributed by atoms with E-state index in [0.717, 1.165) is 75.5 Å². The molecule has 7 heteroatoms. The quantitative estimate of drug-likeness (QED) is 0.148. The summed E-state index contributed by atoms with van der Waals surface area (Å²) in [5, 5.41) is 14.1.